The van der Waals surface area contributed by atoms with Gasteiger partial charge in [-0.05, 0) is 37.3 Å². The zero-order chi connectivity index (χ0) is 11.1. The lowest BCUT2D eigenvalue weighted by atomic mass is 9.97. The van der Waals surface area contributed by atoms with Gasteiger partial charge in [0.15, 0.2) is 0 Å². The predicted molar refractivity (Wildman–Crippen MR) is 55.9 cm³/mol. The van der Waals surface area contributed by atoms with Crippen molar-refractivity contribution in [2.24, 2.45) is 0 Å². The molecule has 0 radical (unpaired) electrons. The van der Waals surface area contributed by atoms with Crippen LogP contribution in [0.1, 0.15) is 42.1 Å². The van der Waals surface area contributed by atoms with E-state index < -0.39 is 17.9 Å². The second kappa shape index (κ2) is 3.47. The van der Waals surface area contributed by atoms with Gasteiger partial charge in [-0.25, -0.2) is 0 Å². The van der Waals surface area contributed by atoms with Crippen LogP contribution in [0.5, 0.6) is 0 Å². The summed E-state index contributed by atoms with van der Waals surface area (Å²) in [5, 5.41) is 0. The minimum absolute atomic E-state index is 0.179. The molecule has 3 rings (SSSR count). The van der Waals surface area contributed by atoms with Gasteiger partial charge in [-0.1, -0.05) is 0 Å². The Bertz CT molecular complexity index is 437. The largest absolute Gasteiger partial charge is 0.393 e. The molecule has 0 saturated carbocycles. The molecule has 1 unspecified atom stereocenters. The third kappa shape index (κ3) is 1.45. The summed E-state index contributed by atoms with van der Waals surface area (Å²) < 4.78 is 4.56. The number of aromatic amines is 1. The minimum atomic E-state index is -0.414. The number of aromatic nitrogens is 1. The second-order valence-corrected chi connectivity index (χ2v) is 4.49. The molecule has 16 heavy (non-hydrogen) atoms. The molecule has 1 aliphatic heterocycles. The Morgan fingerprint density at radius 2 is 2.06 bits per heavy atom. The molecule has 4 nitrogen and oxygen atoms in total. The maximum absolute atomic E-state index is 11.4. The third-order valence-corrected chi connectivity index (χ3v) is 3.38. The molecule has 1 atom stereocenters. The van der Waals surface area contributed by atoms with Crippen LogP contribution in [0.2, 0.25) is 0 Å². The van der Waals surface area contributed by atoms with Crippen LogP contribution in [0, 0.1) is 0 Å². The van der Waals surface area contributed by atoms with Crippen LogP contribution in [-0.4, -0.2) is 16.9 Å². The SMILES string of the molecule is O=C1CC(c2cc3c([nH]2)CCCC3)C(=O)O1. The van der Waals surface area contributed by atoms with Crippen LogP contribution in [0.15, 0.2) is 6.07 Å². The summed E-state index contributed by atoms with van der Waals surface area (Å²) in [5.74, 6) is -1.23. The average molecular weight is 219 g/mol. The van der Waals surface area contributed by atoms with E-state index >= 15 is 0 Å². The molecule has 0 bridgehead atoms. The highest BCUT2D eigenvalue weighted by Crippen LogP contribution is 2.30. The standard InChI is InChI=1S/C12H13NO3/c14-11-6-8(12(15)16-11)10-5-7-3-1-2-4-9(7)13-10/h5,8,13H,1-4,6H2. The number of hydrogen-bond acceptors (Lipinski definition) is 3. The summed E-state index contributed by atoms with van der Waals surface area (Å²) in [6, 6.07) is 2.03. The monoisotopic (exact) mass is 219 g/mol. The number of hydrogen-bond donors (Lipinski definition) is 1. The highest BCUT2D eigenvalue weighted by molar-refractivity contribution is 5.97. The molecule has 84 valence electrons. The summed E-state index contributed by atoms with van der Waals surface area (Å²) in [6.45, 7) is 0. The number of carbonyl (C=O) groups excluding carboxylic acids is 2. The summed E-state index contributed by atoms with van der Waals surface area (Å²) >= 11 is 0. The van der Waals surface area contributed by atoms with Gasteiger partial charge < -0.3 is 9.72 Å². The van der Waals surface area contributed by atoms with Gasteiger partial charge in [0.2, 0.25) is 0 Å². The van der Waals surface area contributed by atoms with Crippen LogP contribution in [0.3, 0.4) is 0 Å². The molecule has 0 spiro atoms. The molecule has 0 amide bonds. The Labute approximate surface area is 93.0 Å². The zero-order valence-electron chi connectivity index (χ0n) is 8.91. The quantitative estimate of drug-likeness (QED) is 0.574. The summed E-state index contributed by atoms with van der Waals surface area (Å²) in [5.41, 5.74) is 3.38. The Kier molecular flexibility index (Phi) is 2.09. The van der Waals surface area contributed by atoms with Crippen molar-refractivity contribution in [1.29, 1.82) is 0 Å². The van der Waals surface area contributed by atoms with Crippen LogP contribution < -0.4 is 0 Å². The van der Waals surface area contributed by atoms with Crippen molar-refractivity contribution in [3.05, 3.63) is 23.0 Å². The van der Waals surface area contributed by atoms with Gasteiger partial charge >= 0.3 is 11.9 Å². The molecular weight excluding hydrogens is 206 g/mol. The molecule has 4 heteroatoms. The molecule has 1 aliphatic carbocycles. The molecule has 1 saturated heterocycles. The number of fused-ring (bicyclic) bond motifs is 1. The molecule has 1 aromatic rings. The molecular formula is C12H13NO3. The van der Waals surface area contributed by atoms with Crippen molar-refractivity contribution in [1.82, 2.24) is 4.98 Å². The first kappa shape index (κ1) is 9.63. The van der Waals surface area contributed by atoms with Gasteiger partial charge in [0, 0.05) is 11.4 Å². The zero-order valence-corrected chi connectivity index (χ0v) is 8.91. The highest BCUT2D eigenvalue weighted by atomic mass is 16.6. The van der Waals surface area contributed by atoms with Crippen molar-refractivity contribution in [3.8, 4) is 0 Å². The fourth-order valence-electron chi connectivity index (χ4n) is 2.53. The van der Waals surface area contributed by atoms with Crippen LogP contribution in [0.4, 0.5) is 0 Å². The van der Waals surface area contributed by atoms with Gasteiger partial charge in [-0.3, -0.25) is 9.59 Å². The fourth-order valence-corrected chi connectivity index (χ4v) is 2.53. The van der Waals surface area contributed by atoms with Crippen molar-refractivity contribution >= 4 is 11.9 Å². The third-order valence-electron chi connectivity index (χ3n) is 3.38. The van der Waals surface area contributed by atoms with Crippen molar-refractivity contribution < 1.29 is 14.3 Å². The van der Waals surface area contributed by atoms with Gasteiger partial charge in [0.1, 0.15) is 5.92 Å². The van der Waals surface area contributed by atoms with E-state index in [-0.39, 0.29) is 6.42 Å². The number of ether oxygens (including phenoxy) is 1. The van der Waals surface area contributed by atoms with Gasteiger partial charge in [0.05, 0.1) is 6.42 Å². The predicted octanol–water partition coefficient (Wildman–Crippen LogP) is 1.45. The van der Waals surface area contributed by atoms with E-state index in [2.05, 4.69) is 9.72 Å². The van der Waals surface area contributed by atoms with E-state index in [1.54, 1.807) is 0 Å². The van der Waals surface area contributed by atoms with E-state index in [1.165, 1.54) is 24.1 Å². The smallest absolute Gasteiger partial charge is 0.323 e. The average Bonchev–Trinajstić information content (AvgIpc) is 2.81. The van der Waals surface area contributed by atoms with E-state index in [0.29, 0.717) is 0 Å². The maximum Gasteiger partial charge on any atom is 0.323 e. The fraction of sp³-hybridized carbons (Fsp3) is 0.500. The second-order valence-electron chi connectivity index (χ2n) is 4.49. The van der Waals surface area contributed by atoms with Crippen molar-refractivity contribution in [2.45, 2.75) is 38.0 Å². The van der Waals surface area contributed by atoms with Gasteiger partial charge in [0.25, 0.3) is 0 Å². The van der Waals surface area contributed by atoms with E-state index in [4.69, 9.17) is 0 Å². The number of nitrogens with one attached hydrogen (secondary N) is 1. The van der Waals surface area contributed by atoms with Crippen LogP contribution in [-0.2, 0) is 27.2 Å². The number of aryl methyl sites for hydroxylation is 2. The molecule has 1 aromatic heterocycles. The number of esters is 2. The Balaban J connectivity index is 1.92. The normalized spacial score (nSPS) is 24.4. The highest BCUT2D eigenvalue weighted by Gasteiger charge is 2.36. The van der Waals surface area contributed by atoms with E-state index in [1.807, 2.05) is 6.07 Å². The molecule has 1 fully saturated rings. The lowest BCUT2D eigenvalue weighted by molar-refractivity contribution is -0.152. The summed E-state index contributed by atoms with van der Waals surface area (Å²) in [4.78, 5) is 25.7. The molecule has 0 aromatic carbocycles. The minimum Gasteiger partial charge on any atom is -0.393 e. The Morgan fingerprint density at radius 1 is 1.25 bits per heavy atom. The first-order valence-corrected chi connectivity index (χ1v) is 5.69. The first-order valence-electron chi connectivity index (χ1n) is 5.69. The lowest BCUT2D eigenvalue weighted by Crippen LogP contribution is -2.06. The van der Waals surface area contributed by atoms with Gasteiger partial charge in [-0.2, -0.15) is 0 Å². The molecule has 2 aliphatic rings. The number of H-pyrrole nitrogens is 1. The molecule has 1 N–H and O–H groups in total. The Morgan fingerprint density at radius 3 is 2.75 bits per heavy atom. The maximum atomic E-state index is 11.4. The summed E-state index contributed by atoms with van der Waals surface area (Å²) in [6.07, 6.45) is 4.70. The first-order chi connectivity index (χ1) is 7.74. The lowest BCUT2D eigenvalue weighted by Gasteiger charge is -2.09. The van der Waals surface area contributed by atoms with Crippen molar-refractivity contribution in [2.75, 3.05) is 0 Å². The van der Waals surface area contributed by atoms with Crippen LogP contribution >= 0.6 is 0 Å². The van der Waals surface area contributed by atoms with Crippen LogP contribution in [0.25, 0.3) is 0 Å². The Hall–Kier alpha value is -1.58. The number of rotatable bonds is 1. The van der Waals surface area contributed by atoms with E-state index in [9.17, 15) is 9.59 Å². The topological polar surface area (TPSA) is 59.2 Å². The number of carbonyl (C=O) groups is 2. The summed E-state index contributed by atoms with van der Waals surface area (Å²) in [7, 11) is 0. The van der Waals surface area contributed by atoms with Gasteiger partial charge in [-0.15, -0.1) is 0 Å². The molecule has 2 heterocycles. The van der Waals surface area contributed by atoms with Crippen molar-refractivity contribution in [3.63, 3.8) is 0 Å². The number of cyclic esters (lactones) is 2. The van der Waals surface area contributed by atoms with E-state index in [0.717, 1.165) is 18.5 Å².